The fourth-order valence-electron chi connectivity index (χ4n) is 1.11. The number of nitrogens with zero attached hydrogens (tertiary/aromatic N) is 2. The monoisotopic (exact) mass is 258 g/mol. The van der Waals surface area contributed by atoms with E-state index in [1.165, 1.54) is 19.1 Å². The third-order valence-corrected chi connectivity index (χ3v) is 1.99. The summed E-state index contributed by atoms with van der Waals surface area (Å²) < 4.78 is 0. The molecule has 17 heavy (non-hydrogen) atoms. The number of hydrogen-bond acceptors (Lipinski definition) is 5. The van der Waals surface area contributed by atoms with E-state index in [-0.39, 0.29) is 16.7 Å². The van der Waals surface area contributed by atoms with Gasteiger partial charge in [0.25, 0.3) is 5.69 Å². The zero-order valence-corrected chi connectivity index (χ0v) is 9.82. The first kappa shape index (κ1) is 13.2. The molecule has 0 aliphatic rings. The number of hydrogen-bond donors (Lipinski definition) is 2. The molecule has 1 rings (SSSR count). The van der Waals surface area contributed by atoms with Crippen LogP contribution in [0.1, 0.15) is 6.92 Å². The molecule has 0 aromatic carbocycles. The molecule has 0 saturated heterocycles. The van der Waals surface area contributed by atoms with E-state index < -0.39 is 4.92 Å². The molecule has 1 aromatic heterocycles. The minimum Gasteiger partial charge on any atom is -0.368 e. The lowest BCUT2D eigenvalue weighted by Crippen LogP contribution is -2.26. The molecular formula is C9H11ClN4O3. The molecule has 7 nitrogen and oxygen atoms in total. The molecule has 1 aromatic rings. The molecule has 0 saturated carbocycles. The SMILES string of the molecule is CC(=O)NCCNc1cc([N+](=O)[O-])cc(Cl)n1. The number of carbonyl (C=O) groups excluding carboxylic acids is 1. The Labute approximate surface area is 102 Å². The summed E-state index contributed by atoms with van der Waals surface area (Å²) in [6.45, 7) is 2.21. The van der Waals surface area contributed by atoms with Crippen LogP contribution in [-0.4, -0.2) is 28.9 Å². The maximum atomic E-state index is 10.6. The first-order chi connectivity index (χ1) is 7.99. The average molecular weight is 259 g/mol. The van der Waals surface area contributed by atoms with Crippen molar-refractivity contribution >= 4 is 29.0 Å². The molecule has 0 aliphatic carbocycles. The third-order valence-electron chi connectivity index (χ3n) is 1.79. The molecular weight excluding hydrogens is 248 g/mol. The first-order valence-corrected chi connectivity index (χ1v) is 5.17. The highest BCUT2D eigenvalue weighted by molar-refractivity contribution is 6.29. The molecule has 0 atom stereocenters. The van der Waals surface area contributed by atoms with Crippen LogP contribution < -0.4 is 10.6 Å². The van der Waals surface area contributed by atoms with Gasteiger partial charge in [-0.05, 0) is 0 Å². The molecule has 0 radical (unpaired) electrons. The Bertz CT molecular complexity index is 438. The summed E-state index contributed by atoms with van der Waals surface area (Å²) in [5.41, 5.74) is -0.132. The van der Waals surface area contributed by atoms with Gasteiger partial charge in [0.1, 0.15) is 11.0 Å². The van der Waals surface area contributed by atoms with Gasteiger partial charge < -0.3 is 10.6 Å². The van der Waals surface area contributed by atoms with Gasteiger partial charge in [-0.1, -0.05) is 11.6 Å². The minimum atomic E-state index is -0.549. The number of halogens is 1. The van der Waals surface area contributed by atoms with Gasteiger partial charge in [0.05, 0.1) is 17.1 Å². The number of aromatic nitrogens is 1. The predicted octanol–water partition coefficient (Wildman–Crippen LogP) is 1.19. The Morgan fingerprint density at radius 1 is 1.53 bits per heavy atom. The van der Waals surface area contributed by atoms with Crippen LogP contribution >= 0.6 is 11.6 Å². The lowest BCUT2D eigenvalue weighted by Gasteiger charge is -2.06. The summed E-state index contributed by atoms with van der Waals surface area (Å²) in [6.07, 6.45) is 0. The topological polar surface area (TPSA) is 97.2 Å². The molecule has 92 valence electrons. The number of pyridine rings is 1. The van der Waals surface area contributed by atoms with Gasteiger partial charge in [-0.3, -0.25) is 14.9 Å². The Hall–Kier alpha value is -1.89. The van der Waals surface area contributed by atoms with E-state index >= 15 is 0 Å². The molecule has 0 bridgehead atoms. The number of rotatable bonds is 5. The van der Waals surface area contributed by atoms with E-state index in [2.05, 4.69) is 15.6 Å². The Balaban J connectivity index is 2.59. The second-order valence-electron chi connectivity index (χ2n) is 3.20. The van der Waals surface area contributed by atoms with E-state index in [1.54, 1.807) is 0 Å². The maximum absolute atomic E-state index is 10.6. The number of anilines is 1. The minimum absolute atomic E-state index is 0.0428. The third kappa shape index (κ3) is 4.64. The zero-order chi connectivity index (χ0) is 12.8. The van der Waals surface area contributed by atoms with Crippen LogP contribution in [0.4, 0.5) is 11.5 Å². The summed E-state index contributed by atoms with van der Waals surface area (Å²) in [5, 5.41) is 16.0. The highest BCUT2D eigenvalue weighted by atomic mass is 35.5. The van der Waals surface area contributed by atoms with E-state index in [4.69, 9.17) is 11.6 Å². The van der Waals surface area contributed by atoms with Gasteiger partial charge in [-0.25, -0.2) is 4.98 Å². The fraction of sp³-hybridized carbons (Fsp3) is 0.333. The smallest absolute Gasteiger partial charge is 0.276 e. The first-order valence-electron chi connectivity index (χ1n) is 4.79. The van der Waals surface area contributed by atoms with Crippen LogP contribution in [-0.2, 0) is 4.79 Å². The highest BCUT2D eigenvalue weighted by Crippen LogP contribution is 2.20. The van der Waals surface area contributed by atoms with Crippen LogP contribution in [0.3, 0.4) is 0 Å². The van der Waals surface area contributed by atoms with Crippen molar-refractivity contribution in [2.24, 2.45) is 0 Å². The van der Waals surface area contributed by atoms with Gasteiger partial charge in [-0.15, -0.1) is 0 Å². The lowest BCUT2D eigenvalue weighted by atomic mass is 10.4. The Morgan fingerprint density at radius 3 is 2.82 bits per heavy atom. The normalized spacial score (nSPS) is 9.76. The molecule has 8 heteroatoms. The van der Waals surface area contributed by atoms with Crippen LogP contribution in [0, 0.1) is 10.1 Å². The Kier molecular flexibility index (Phi) is 4.65. The van der Waals surface area contributed by atoms with E-state index in [1.807, 2.05) is 0 Å². The van der Waals surface area contributed by atoms with Crippen molar-refractivity contribution in [1.29, 1.82) is 0 Å². The van der Waals surface area contributed by atoms with Gasteiger partial charge in [0.15, 0.2) is 0 Å². The summed E-state index contributed by atoms with van der Waals surface area (Å²) in [6, 6.07) is 2.44. The standard InChI is InChI=1S/C9H11ClN4O3/c1-6(15)11-2-3-12-9-5-7(14(16)17)4-8(10)13-9/h4-5H,2-3H2,1H3,(H,11,15)(H,12,13). The fourth-order valence-corrected chi connectivity index (χ4v) is 1.31. The molecule has 0 unspecified atom stereocenters. The van der Waals surface area contributed by atoms with Gasteiger partial charge in [0.2, 0.25) is 5.91 Å². The van der Waals surface area contributed by atoms with Crippen molar-refractivity contribution in [1.82, 2.24) is 10.3 Å². The molecule has 0 fully saturated rings. The molecule has 1 heterocycles. The van der Waals surface area contributed by atoms with Crippen molar-refractivity contribution in [2.45, 2.75) is 6.92 Å². The highest BCUT2D eigenvalue weighted by Gasteiger charge is 2.09. The van der Waals surface area contributed by atoms with E-state index in [0.717, 1.165) is 0 Å². The van der Waals surface area contributed by atoms with Crippen LogP contribution in [0.25, 0.3) is 0 Å². The predicted molar refractivity (Wildman–Crippen MR) is 63.1 cm³/mol. The second kappa shape index (κ2) is 6.00. The van der Waals surface area contributed by atoms with Gasteiger partial charge >= 0.3 is 0 Å². The van der Waals surface area contributed by atoms with Gasteiger partial charge in [0, 0.05) is 20.0 Å². The van der Waals surface area contributed by atoms with Gasteiger partial charge in [-0.2, -0.15) is 0 Å². The summed E-state index contributed by atoms with van der Waals surface area (Å²) in [5.74, 6) is 0.159. The summed E-state index contributed by atoms with van der Waals surface area (Å²) in [4.78, 5) is 24.5. The number of amides is 1. The molecule has 2 N–H and O–H groups in total. The van der Waals surface area contributed by atoms with Crippen molar-refractivity contribution in [3.05, 3.63) is 27.4 Å². The van der Waals surface area contributed by atoms with Crippen molar-refractivity contribution in [2.75, 3.05) is 18.4 Å². The maximum Gasteiger partial charge on any atom is 0.276 e. The lowest BCUT2D eigenvalue weighted by molar-refractivity contribution is -0.384. The van der Waals surface area contributed by atoms with Crippen LogP contribution in [0.2, 0.25) is 5.15 Å². The molecule has 1 amide bonds. The number of carbonyl (C=O) groups is 1. The largest absolute Gasteiger partial charge is 0.368 e. The van der Waals surface area contributed by atoms with Crippen molar-refractivity contribution in [3.8, 4) is 0 Å². The van der Waals surface area contributed by atoms with Crippen molar-refractivity contribution in [3.63, 3.8) is 0 Å². The number of nitrogens with one attached hydrogen (secondary N) is 2. The van der Waals surface area contributed by atoms with Crippen LogP contribution in [0.15, 0.2) is 12.1 Å². The van der Waals surface area contributed by atoms with E-state index in [0.29, 0.717) is 18.9 Å². The van der Waals surface area contributed by atoms with Crippen molar-refractivity contribution < 1.29 is 9.72 Å². The average Bonchev–Trinajstić information content (AvgIpc) is 2.23. The van der Waals surface area contributed by atoms with E-state index in [9.17, 15) is 14.9 Å². The molecule has 0 spiro atoms. The number of nitro groups is 1. The summed E-state index contributed by atoms with van der Waals surface area (Å²) in [7, 11) is 0. The molecule has 0 aliphatic heterocycles. The summed E-state index contributed by atoms with van der Waals surface area (Å²) >= 11 is 5.63. The quantitative estimate of drug-likeness (QED) is 0.358. The second-order valence-corrected chi connectivity index (χ2v) is 3.59. The zero-order valence-electron chi connectivity index (χ0n) is 9.07. The van der Waals surface area contributed by atoms with Crippen LogP contribution in [0.5, 0.6) is 0 Å². The Morgan fingerprint density at radius 2 is 2.24 bits per heavy atom.